The third kappa shape index (κ3) is 2.06. The first-order valence-electron chi connectivity index (χ1n) is 7.69. The minimum absolute atomic E-state index is 0.708. The fourth-order valence-electron chi connectivity index (χ4n) is 3.63. The van der Waals surface area contributed by atoms with Crippen LogP contribution in [0.5, 0.6) is 0 Å². The van der Waals surface area contributed by atoms with E-state index in [9.17, 15) is 0 Å². The van der Waals surface area contributed by atoms with E-state index in [0.29, 0.717) is 6.04 Å². The molecule has 5 heteroatoms. The second-order valence-corrected chi connectivity index (χ2v) is 5.92. The summed E-state index contributed by atoms with van der Waals surface area (Å²) in [4.78, 5) is 17.1. The number of likely N-dealkylation sites (tertiary alicyclic amines) is 1. The molecule has 0 saturated carbocycles. The SMILES string of the molecule is c1nc(N2CCC(N3CCCCC3)C2)c2cc[nH]c2n1. The lowest BCUT2D eigenvalue weighted by Crippen LogP contribution is -2.41. The van der Waals surface area contributed by atoms with Crippen molar-refractivity contribution in [2.24, 2.45) is 0 Å². The second kappa shape index (κ2) is 5.05. The number of rotatable bonds is 2. The number of anilines is 1. The zero-order valence-electron chi connectivity index (χ0n) is 11.8. The molecule has 106 valence electrons. The molecule has 0 spiro atoms. The summed E-state index contributed by atoms with van der Waals surface area (Å²) in [5, 5.41) is 1.15. The number of aromatic nitrogens is 3. The molecule has 1 unspecified atom stereocenters. The van der Waals surface area contributed by atoms with Crippen molar-refractivity contribution >= 4 is 16.9 Å². The summed E-state index contributed by atoms with van der Waals surface area (Å²) < 4.78 is 0. The number of nitrogens with zero attached hydrogens (tertiary/aromatic N) is 4. The molecular weight excluding hydrogens is 250 g/mol. The molecule has 2 aliphatic heterocycles. The molecule has 2 aliphatic rings. The maximum Gasteiger partial charge on any atom is 0.142 e. The van der Waals surface area contributed by atoms with Crippen LogP contribution in [0.3, 0.4) is 0 Å². The van der Waals surface area contributed by atoms with Gasteiger partial charge in [-0.2, -0.15) is 0 Å². The lowest BCUT2D eigenvalue weighted by Gasteiger charge is -2.32. The molecule has 1 N–H and O–H groups in total. The Morgan fingerprint density at radius 3 is 2.90 bits per heavy atom. The molecule has 0 bridgehead atoms. The van der Waals surface area contributed by atoms with E-state index in [1.54, 1.807) is 6.33 Å². The highest BCUT2D eigenvalue weighted by Gasteiger charge is 2.29. The summed E-state index contributed by atoms with van der Waals surface area (Å²) in [6, 6.07) is 2.79. The standard InChI is InChI=1S/C15H21N5/c1-2-7-19(8-3-1)12-5-9-20(10-12)15-13-4-6-16-14(13)17-11-18-15/h4,6,11-12H,1-3,5,7-10H2,(H,16,17,18). The Morgan fingerprint density at radius 2 is 2.00 bits per heavy atom. The summed E-state index contributed by atoms with van der Waals surface area (Å²) in [5.74, 6) is 1.09. The van der Waals surface area contributed by atoms with E-state index in [1.807, 2.05) is 6.20 Å². The highest BCUT2D eigenvalue weighted by Crippen LogP contribution is 2.28. The van der Waals surface area contributed by atoms with Gasteiger partial charge in [0.05, 0.1) is 5.39 Å². The van der Waals surface area contributed by atoms with Gasteiger partial charge in [-0.25, -0.2) is 9.97 Å². The Morgan fingerprint density at radius 1 is 1.10 bits per heavy atom. The van der Waals surface area contributed by atoms with E-state index in [4.69, 9.17) is 0 Å². The van der Waals surface area contributed by atoms with Crippen LogP contribution in [-0.4, -0.2) is 52.1 Å². The maximum atomic E-state index is 4.52. The number of hydrogen-bond donors (Lipinski definition) is 1. The van der Waals surface area contributed by atoms with Crippen molar-refractivity contribution < 1.29 is 0 Å². The van der Waals surface area contributed by atoms with Crippen molar-refractivity contribution in [3.63, 3.8) is 0 Å². The first-order valence-corrected chi connectivity index (χ1v) is 7.69. The Balaban J connectivity index is 1.54. The van der Waals surface area contributed by atoms with Crippen LogP contribution in [0.15, 0.2) is 18.6 Å². The lowest BCUT2D eigenvalue weighted by atomic mass is 10.1. The zero-order chi connectivity index (χ0) is 13.4. The second-order valence-electron chi connectivity index (χ2n) is 5.92. The van der Waals surface area contributed by atoms with Crippen LogP contribution in [0.25, 0.3) is 11.0 Å². The predicted molar refractivity (Wildman–Crippen MR) is 79.9 cm³/mol. The minimum atomic E-state index is 0.708. The van der Waals surface area contributed by atoms with Crippen LogP contribution in [0.4, 0.5) is 5.82 Å². The first kappa shape index (κ1) is 12.1. The van der Waals surface area contributed by atoms with Crippen molar-refractivity contribution in [1.82, 2.24) is 19.9 Å². The Kier molecular flexibility index (Phi) is 3.07. The summed E-state index contributed by atoms with van der Waals surface area (Å²) in [6.45, 7) is 4.78. The van der Waals surface area contributed by atoms with Gasteiger partial charge in [0.15, 0.2) is 0 Å². The van der Waals surface area contributed by atoms with Crippen LogP contribution in [0.2, 0.25) is 0 Å². The summed E-state index contributed by atoms with van der Waals surface area (Å²) in [5.41, 5.74) is 0.941. The van der Waals surface area contributed by atoms with E-state index < -0.39 is 0 Å². The number of H-pyrrole nitrogens is 1. The number of fused-ring (bicyclic) bond motifs is 1. The lowest BCUT2D eigenvalue weighted by molar-refractivity contribution is 0.175. The van der Waals surface area contributed by atoms with E-state index in [0.717, 1.165) is 29.9 Å². The highest BCUT2D eigenvalue weighted by molar-refractivity contribution is 5.87. The van der Waals surface area contributed by atoms with Crippen molar-refractivity contribution in [2.75, 3.05) is 31.1 Å². The van der Waals surface area contributed by atoms with Gasteiger partial charge in [-0.1, -0.05) is 6.42 Å². The van der Waals surface area contributed by atoms with Crippen LogP contribution < -0.4 is 4.90 Å². The number of piperidine rings is 1. The molecule has 0 aromatic carbocycles. The molecule has 2 aromatic rings. The van der Waals surface area contributed by atoms with Gasteiger partial charge < -0.3 is 9.88 Å². The number of nitrogens with one attached hydrogen (secondary N) is 1. The van der Waals surface area contributed by atoms with Gasteiger partial charge in [-0.15, -0.1) is 0 Å². The largest absolute Gasteiger partial charge is 0.354 e. The zero-order valence-corrected chi connectivity index (χ0v) is 11.8. The monoisotopic (exact) mass is 271 g/mol. The fraction of sp³-hybridized carbons (Fsp3) is 0.600. The highest BCUT2D eigenvalue weighted by atomic mass is 15.3. The molecule has 1 atom stereocenters. The van der Waals surface area contributed by atoms with Gasteiger partial charge >= 0.3 is 0 Å². The molecule has 0 aliphatic carbocycles. The molecule has 2 fully saturated rings. The summed E-state index contributed by atoms with van der Waals surface area (Å²) in [7, 11) is 0. The summed E-state index contributed by atoms with van der Waals surface area (Å²) >= 11 is 0. The molecule has 2 aromatic heterocycles. The minimum Gasteiger partial charge on any atom is -0.354 e. The quantitative estimate of drug-likeness (QED) is 0.908. The van der Waals surface area contributed by atoms with Gasteiger partial charge in [0.25, 0.3) is 0 Å². The Bertz CT molecular complexity index is 587. The van der Waals surface area contributed by atoms with Crippen molar-refractivity contribution in [2.45, 2.75) is 31.7 Å². The summed E-state index contributed by atoms with van der Waals surface area (Å²) in [6.07, 6.45) is 9.01. The average Bonchev–Trinajstić information content (AvgIpc) is 3.17. The Hall–Kier alpha value is -1.62. The van der Waals surface area contributed by atoms with E-state index in [1.165, 1.54) is 38.8 Å². The third-order valence-electron chi connectivity index (χ3n) is 4.70. The van der Waals surface area contributed by atoms with Gasteiger partial charge in [0.2, 0.25) is 0 Å². The Labute approximate surface area is 119 Å². The van der Waals surface area contributed by atoms with E-state index in [2.05, 4.69) is 30.8 Å². The molecule has 2 saturated heterocycles. The molecule has 5 nitrogen and oxygen atoms in total. The molecule has 20 heavy (non-hydrogen) atoms. The normalized spacial score (nSPS) is 24.6. The van der Waals surface area contributed by atoms with Gasteiger partial charge in [0, 0.05) is 25.3 Å². The molecule has 4 rings (SSSR count). The van der Waals surface area contributed by atoms with E-state index in [-0.39, 0.29) is 0 Å². The number of aromatic amines is 1. The van der Waals surface area contributed by atoms with Crippen LogP contribution >= 0.6 is 0 Å². The maximum absolute atomic E-state index is 4.52. The molecule has 0 amide bonds. The molecule has 4 heterocycles. The average molecular weight is 271 g/mol. The third-order valence-corrected chi connectivity index (χ3v) is 4.70. The van der Waals surface area contributed by atoms with Gasteiger partial charge in [-0.3, -0.25) is 4.90 Å². The van der Waals surface area contributed by atoms with Crippen LogP contribution in [-0.2, 0) is 0 Å². The first-order chi connectivity index (χ1) is 9.92. The van der Waals surface area contributed by atoms with Crippen LogP contribution in [0.1, 0.15) is 25.7 Å². The number of hydrogen-bond acceptors (Lipinski definition) is 4. The van der Waals surface area contributed by atoms with Gasteiger partial charge in [0.1, 0.15) is 17.8 Å². The topological polar surface area (TPSA) is 48.1 Å². The van der Waals surface area contributed by atoms with Crippen molar-refractivity contribution in [3.8, 4) is 0 Å². The van der Waals surface area contributed by atoms with Gasteiger partial charge in [-0.05, 0) is 38.4 Å². The van der Waals surface area contributed by atoms with Crippen LogP contribution in [0, 0.1) is 0 Å². The van der Waals surface area contributed by atoms with Crippen molar-refractivity contribution in [1.29, 1.82) is 0 Å². The van der Waals surface area contributed by atoms with E-state index >= 15 is 0 Å². The fourth-order valence-corrected chi connectivity index (χ4v) is 3.63. The van der Waals surface area contributed by atoms with Crippen molar-refractivity contribution in [3.05, 3.63) is 18.6 Å². The molecule has 0 radical (unpaired) electrons. The molecular formula is C15H21N5. The smallest absolute Gasteiger partial charge is 0.142 e. The predicted octanol–water partition coefficient (Wildman–Crippen LogP) is 2.02.